The molecule has 2 heterocycles. The van der Waals surface area contributed by atoms with Crippen molar-refractivity contribution >= 4 is 17.5 Å². The van der Waals surface area contributed by atoms with Gasteiger partial charge in [0.05, 0.1) is 11.7 Å². The first-order valence-electron chi connectivity index (χ1n) is 8.79. The molecule has 0 radical (unpaired) electrons. The van der Waals surface area contributed by atoms with E-state index in [0.29, 0.717) is 12.1 Å². The Bertz CT molecular complexity index is 869. The first kappa shape index (κ1) is 17.9. The van der Waals surface area contributed by atoms with Crippen LogP contribution in [0.25, 0.3) is 0 Å². The summed E-state index contributed by atoms with van der Waals surface area (Å²) in [5, 5.41) is 7.39. The fourth-order valence-electron chi connectivity index (χ4n) is 3.57. The van der Waals surface area contributed by atoms with Gasteiger partial charge in [0.15, 0.2) is 0 Å². The molecule has 1 atom stereocenters. The fourth-order valence-corrected chi connectivity index (χ4v) is 3.57. The molecule has 1 aromatic heterocycles. The number of carbonyl (C=O) groups excluding carboxylic acids is 2. The van der Waals surface area contributed by atoms with Gasteiger partial charge >= 0.3 is 0 Å². The molecule has 2 amide bonds. The highest BCUT2D eigenvalue weighted by atomic mass is 16.2. The Balaban J connectivity index is 1.88. The lowest BCUT2D eigenvalue weighted by atomic mass is 9.95. The highest BCUT2D eigenvalue weighted by Crippen LogP contribution is 2.30. The van der Waals surface area contributed by atoms with E-state index >= 15 is 0 Å². The number of fused-ring (bicyclic) bond motifs is 1. The van der Waals surface area contributed by atoms with Gasteiger partial charge in [0, 0.05) is 36.6 Å². The first-order valence-corrected chi connectivity index (χ1v) is 8.79. The van der Waals surface area contributed by atoms with Crippen LogP contribution in [0.1, 0.15) is 46.6 Å². The zero-order chi connectivity index (χ0) is 18.8. The molecule has 1 aliphatic rings. The molecule has 3 rings (SSSR count). The Morgan fingerprint density at radius 3 is 2.81 bits per heavy atom. The number of nitrogens with one attached hydrogen (secondary N) is 1. The zero-order valence-corrected chi connectivity index (χ0v) is 15.5. The van der Waals surface area contributed by atoms with Gasteiger partial charge in [-0.1, -0.05) is 12.6 Å². The second-order valence-corrected chi connectivity index (χ2v) is 6.64. The van der Waals surface area contributed by atoms with Crippen LogP contribution >= 0.6 is 0 Å². The maximum absolute atomic E-state index is 12.9. The van der Waals surface area contributed by atoms with E-state index in [1.54, 1.807) is 9.58 Å². The number of amides is 2. The van der Waals surface area contributed by atoms with Gasteiger partial charge in [0.1, 0.15) is 0 Å². The van der Waals surface area contributed by atoms with Gasteiger partial charge in [-0.3, -0.25) is 14.3 Å². The minimum absolute atomic E-state index is 0.134. The minimum Gasteiger partial charge on any atom is -0.345 e. The normalized spacial score (nSPS) is 14.5. The minimum atomic E-state index is -0.151. The zero-order valence-electron chi connectivity index (χ0n) is 15.5. The lowest BCUT2D eigenvalue weighted by Gasteiger charge is -2.30. The summed E-state index contributed by atoms with van der Waals surface area (Å²) in [7, 11) is 1.86. The fraction of sp³-hybridized carbons (Fsp3) is 0.350. The molecule has 0 aliphatic carbocycles. The van der Waals surface area contributed by atoms with Crippen molar-refractivity contribution in [2.45, 2.75) is 32.7 Å². The van der Waals surface area contributed by atoms with Crippen LogP contribution in [-0.2, 0) is 18.3 Å². The summed E-state index contributed by atoms with van der Waals surface area (Å²) in [6.45, 7) is 8.10. The Labute approximate surface area is 153 Å². The molecule has 1 aliphatic heterocycles. The van der Waals surface area contributed by atoms with Crippen molar-refractivity contribution in [1.82, 2.24) is 15.1 Å². The molecule has 0 saturated carbocycles. The molecule has 26 heavy (non-hydrogen) atoms. The van der Waals surface area contributed by atoms with Crippen molar-refractivity contribution in [3.05, 3.63) is 59.4 Å². The van der Waals surface area contributed by atoms with Crippen molar-refractivity contribution in [3.8, 4) is 0 Å². The van der Waals surface area contributed by atoms with Gasteiger partial charge < -0.3 is 10.2 Å². The topological polar surface area (TPSA) is 67.2 Å². The molecule has 0 bridgehead atoms. The monoisotopic (exact) mass is 352 g/mol. The SMILES string of the molecule is C=CC(=O)N1CCCc2c(C(=O)NC(C)c3cn(C)nc3C)cccc21. The van der Waals surface area contributed by atoms with Crippen LogP contribution in [-0.4, -0.2) is 28.1 Å². The number of hydrogen-bond donors (Lipinski definition) is 1. The van der Waals surface area contributed by atoms with Crippen molar-refractivity contribution in [1.29, 1.82) is 0 Å². The smallest absolute Gasteiger partial charge is 0.252 e. The third-order valence-corrected chi connectivity index (χ3v) is 4.80. The van der Waals surface area contributed by atoms with E-state index in [0.717, 1.165) is 35.3 Å². The predicted molar refractivity (Wildman–Crippen MR) is 101 cm³/mol. The van der Waals surface area contributed by atoms with Gasteiger partial charge in [0.25, 0.3) is 5.91 Å². The molecule has 1 N–H and O–H groups in total. The summed E-state index contributed by atoms with van der Waals surface area (Å²) in [4.78, 5) is 26.7. The van der Waals surface area contributed by atoms with Crippen LogP contribution in [0, 0.1) is 6.92 Å². The Morgan fingerprint density at radius 2 is 2.15 bits per heavy atom. The maximum Gasteiger partial charge on any atom is 0.252 e. The molecule has 0 spiro atoms. The van der Waals surface area contributed by atoms with Gasteiger partial charge in [0.2, 0.25) is 5.91 Å². The molecule has 6 heteroatoms. The summed E-state index contributed by atoms with van der Waals surface area (Å²) in [6.07, 6.45) is 4.84. The summed E-state index contributed by atoms with van der Waals surface area (Å²) in [5.41, 5.74) is 4.24. The van der Waals surface area contributed by atoms with Crippen molar-refractivity contribution in [2.75, 3.05) is 11.4 Å². The van der Waals surface area contributed by atoms with Crippen molar-refractivity contribution in [3.63, 3.8) is 0 Å². The Morgan fingerprint density at radius 1 is 1.38 bits per heavy atom. The highest BCUT2D eigenvalue weighted by Gasteiger charge is 2.25. The van der Waals surface area contributed by atoms with Crippen LogP contribution in [0.5, 0.6) is 0 Å². The van der Waals surface area contributed by atoms with E-state index in [1.165, 1.54) is 6.08 Å². The van der Waals surface area contributed by atoms with Gasteiger partial charge in [-0.05, 0) is 50.5 Å². The molecule has 0 saturated heterocycles. The average Bonchev–Trinajstić information content (AvgIpc) is 2.98. The largest absolute Gasteiger partial charge is 0.345 e. The second kappa shape index (κ2) is 7.15. The first-order chi connectivity index (χ1) is 12.4. The van der Waals surface area contributed by atoms with E-state index in [2.05, 4.69) is 17.0 Å². The summed E-state index contributed by atoms with van der Waals surface area (Å²) < 4.78 is 1.75. The molecule has 6 nitrogen and oxygen atoms in total. The number of benzene rings is 1. The molecule has 136 valence electrons. The lowest BCUT2D eigenvalue weighted by Crippen LogP contribution is -2.36. The number of hydrogen-bond acceptors (Lipinski definition) is 3. The van der Waals surface area contributed by atoms with Gasteiger partial charge in [-0.15, -0.1) is 0 Å². The molecular formula is C20H24N4O2. The summed E-state index contributed by atoms with van der Waals surface area (Å²) >= 11 is 0. The quantitative estimate of drug-likeness (QED) is 0.860. The molecule has 2 aromatic rings. The van der Waals surface area contributed by atoms with E-state index in [9.17, 15) is 9.59 Å². The van der Waals surface area contributed by atoms with E-state index in [4.69, 9.17) is 0 Å². The highest BCUT2D eigenvalue weighted by molar-refractivity contribution is 6.04. The van der Waals surface area contributed by atoms with Crippen LogP contribution in [0.2, 0.25) is 0 Å². The standard InChI is InChI=1S/C20H24N4O2/c1-5-19(25)24-11-7-9-15-16(8-6-10-18(15)24)20(26)21-13(2)17-12-23(4)22-14(17)3/h5-6,8,10,12-13H,1,7,9,11H2,2-4H3,(H,21,26). The number of anilines is 1. The number of aromatic nitrogens is 2. The average molecular weight is 352 g/mol. The second-order valence-electron chi connectivity index (χ2n) is 6.64. The molecule has 0 fully saturated rings. The summed E-state index contributed by atoms with van der Waals surface area (Å²) in [5.74, 6) is -0.270. The number of carbonyl (C=O) groups is 2. The van der Waals surface area contributed by atoms with Crippen LogP contribution in [0.15, 0.2) is 37.1 Å². The van der Waals surface area contributed by atoms with Crippen molar-refractivity contribution < 1.29 is 9.59 Å². The number of aryl methyl sites for hydroxylation is 2. The number of nitrogens with zero attached hydrogens (tertiary/aromatic N) is 3. The third-order valence-electron chi connectivity index (χ3n) is 4.80. The van der Waals surface area contributed by atoms with E-state index in [1.807, 2.05) is 45.3 Å². The van der Waals surface area contributed by atoms with Crippen molar-refractivity contribution in [2.24, 2.45) is 7.05 Å². The van der Waals surface area contributed by atoms with Gasteiger partial charge in [-0.25, -0.2) is 0 Å². The lowest BCUT2D eigenvalue weighted by molar-refractivity contribution is -0.114. The summed E-state index contributed by atoms with van der Waals surface area (Å²) in [6, 6.07) is 5.38. The Hall–Kier alpha value is -2.89. The Kier molecular flexibility index (Phi) is 4.93. The van der Waals surface area contributed by atoms with E-state index in [-0.39, 0.29) is 17.9 Å². The molecular weight excluding hydrogens is 328 g/mol. The maximum atomic E-state index is 12.9. The molecule has 1 unspecified atom stereocenters. The van der Waals surface area contributed by atoms with Crippen LogP contribution in [0.3, 0.4) is 0 Å². The van der Waals surface area contributed by atoms with Crippen LogP contribution < -0.4 is 10.2 Å². The molecule has 1 aromatic carbocycles. The third kappa shape index (κ3) is 3.27. The van der Waals surface area contributed by atoms with Crippen LogP contribution in [0.4, 0.5) is 5.69 Å². The van der Waals surface area contributed by atoms with Gasteiger partial charge in [-0.2, -0.15) is 5.10 Å². The van der Waals surface area contributed by atoms with E-state index < -0.39 is 0 Å². The number of rotatable bonds is 4. The predicted octanol–water partition coefficient (Wildman–Crippen LogP) is 2.68.